The van der Waals surface area contributed by atoms with Crippen LogP contribution in [-0.4, -0.2) is 44.8 Å². The summed E-state index contributed by atoms with van der Waals surface area (Å²) >= 11 is 5.86. The van der Waals surface area contributed by atoms with Crippen molar-refractivity contribution in [1.82, 2.24) is 10.2 Å². The van der Waals surface area contributed by atoms with Crippen LogP contribution in [-0.2, 0) is 4.74 Å². The highest BCUT2D eigenvalue weighted by molar-refractivity contribution is 6.30. The largest absolute Gasteiger partial charge is 0.493 e. The van der Waals surface area contributed by atoms with Gasteiger partial charge in [0.25, 0.3) is 0 Å². The summed E-state index contributed by atoms with van der Waals surface area (Å²) in [5, 5.41) is 3.07. The zero-order valence-corrected chi connectivity index (χ0v) is 16.7. The third kappa shape index (κ3) is 6.66. The predicted octanol–water partition coefficient (Wildman–Crippen LogP) is 4.27. The van der Waals surface area contributed by atoms with Crippen LogP contribution in [0.1, 0.15) is 18.1 Å². The molecule has 2 aromatic carbocycles. The van der Waals surface area contributed by atoms with Crippen molar-refractivity contribution < 1.29 is 23.8 Å². The second kappa shape index (κ2) is 10.4. The van der Waals surface area contributed by atoms with Crippen LogP contribution in [0.4, 0.5) is 9.59 Å². The van der Waals surface area contributed by atoms with E-state index in [-0.39, 0.29) is 0 Å². The third-order valence-electron chi connectivity index (χ3n) is 3.74. The van der Waals surface area contributed by atoms with E-state index in [0.717, 1.165) is 5.56 Å². The molecule has 0 saturated heterocycles. The van der Waals surface area contributed by atoms with Gasteiger partial charge in [0.2, 0.25) is 0 Å². The van der Waals surface area contributed by atoms with Crippen molar-refractivity contribution in [3.8, 4) is 11.5 Å². The molecule has 0 heterocycles. The number of benzene rings is 2. The van der Waals surface area contributed by atoms with E-state index in [0.29, 0.717) is 29.5 Å². The van der Waals surface area contributed by atoms with Gasteiger partial charge in [-0.2, -0.15) is 0 Å². The highest BCUT2D eigenvalue weighted by Gasteiger charge is 2.17. The molecule has 2 aromatic rings. The molecule has 0 bridgehead atoms. The van der Waals surface area contributed by atoms with E-state index in [1.807, 2.05) is 0 Å². The summed E-state index contributed by atoms with van der Waals surface area (Å²) in [7, 11) is 4.70. The van der Waals surface area contributed by atoms with Gasteiger partial charge in [-0.05, 0) is 42.0 Å². The summed E-state index contributed by atoms with van der Waals surface area (Å²) in [5.74, 6) is 1.08. The summed E-state index contributed by atoms with van der Waals surface area (Å²) in [6.45, 7) is 0.334. The van der Waals surface area contributed by atoms with Gasteiger partial charge in [0, 0.05) is 32.6 Å². The van der Waals surface area contributed by atoms with Gasteiger partial charge in [-0.25, -0.2) is 9.59 Å². The lowest BCUT2D eigenvalue weighted by atomic mass is 10.1. The van der Waals surface area contributed by atoms with Crippen LogP contribution in [0.5, 0.6) is 11.5 Å². The van der Waals surface area contributed by atoms with E-state index in [4.69, 9.17) is 25.8 Å². The van der Waals surface area contributed by atoms with Crippen molar-refractivity contribution in [3.05, 3.63) is 59.1 Å². The quantitative estimate of drug-likeness (QED) is 0.743. The average molecular weight is 407 g/mol. The zero-order chi connectivity index (χ0) is 20.5. The van der Waals surface area contributed by atoms with Gasteiger partial charge >= 0.3 is 12.2 Å². The molecule has 8 heteroatoms. The highest BCUT2D eigenvalue weighted by atomic mass is 35.5. The molecule has 2 amide bonds. The standard InChI is InChI=1S/C20H23ClN2O5/c1-22-19(24)28-18(12-13-26-16-10-6-15(21)7-11-16)14-4-8-17(9-5-14)27-20(25)23(2)3/h4-11,18H,12-13H2,1-3H3,(H,22,24). The smallest absolute Gasteiger partial charge is 0.414 e. The molecule has 150 valence electrons. The maximum absolute atomic E-state index is 11.7. The molecule has 0 aliphatic heterocycles. The zero-order valence-electron chi connectivity index (χ0n) is 16.0. The Balaban J connectivity index is 2.01. The van der Waals surface area contributed by atoms with Crippen LogP contribution < -0.4 is 14.8 Å². The number of hydrogen-bond donors (Lipinski definition) is 1. The van der Waals surface area contributed by atoms with E-state index >= 15 is 0 Å². The summed E-state index contributed by atoms with van der Waals surface area (Å²) in [6, 6.07) is 13.8. The maximum Gasteiger partial charge on any atom is 0.414 e. The van der Waals surface area contributed by atoms with Crippen molar-refractivity contribution in [2.45, 2.75) is 12.5 Å². The molecule has 2 rings (SSSR count). The maximum atomic E-state index is 11.7. The first-order chi connectivity index (χ1) is 13.4. The Hall–Kier alpha value is -2.93. The molecule has 0 spiro atoms. The topological polar surface area (TPSA) is 77.1 Å². The van der Waals surface area contributed by atoms with Crippen LogP contribution in [0.15, 0.2) is 48.5 Å². The SMILES string of the molecule is CNC(=O)OC(CCOc1ccc(Cl)cc1)c1ccc(OC(=O)N(C)C)cc1. The van der Waals surface area contributed by atoms with Gasteiger partial charge in [0.1, 0.15) is 17.6 Å². The summed E-state index contributed by atoms with van der Waals surface area (Å²) < 4.78 is 16.3. The van der Waals surface area contributed by atoms with Crippen LogP contribution in [0.25, 0.3) is 0 Å². The third-order valence-corrected chi connectivity index (χ3v) is 3.99. The van der Waals surface area contributed by atoms with Crippen molar-refractivity contribution >= 4 is 23.8 Å². The van der Waals surface area contributed by atoms with Gasteiger partial charge in [-0.1, -0.05) is 23.7 Å². The Bertz CT molecular complexity index is 778. The second-order valence-corrected chi connectivity index (χ2v) is 6.50. The van der Waals surface area contributed by atoms with Gasteiger partial charge in [0.05, 0.1) is 6.61 Å². The Kier molecular flexibility index (Phi) is 7.95. The van der Waals surface area contributed by atoms with E-state index in [2.05, 4.69) is 5.32 Å². The van der Waals surface area contributed by atoms with Gasteiger partial charge < -0.3 is 24.4 Å². The molecule has 0 saturated carbocycles. The minimum Gasteiger partial charge on any atom is -0.493 e. The molecule has 0 radical (unpaired) electrons. The minimum absolute atomic E-state index is 0.334. The number of hydrogen-bond acceptors (Lipinski definition) is 5. The van der Waals surface area contributed by atoms with Gasteiger partial charge in [-0.3, -0.25) is 0 Å². The molecule has 0 aliphatic rings. The number of carbonyl (C=O) groups is 2. The average Bonchev–Trinajstić information content (AvgIpc) is 2.69. The first-order valence-corrected chi connectivity index (χ1v) is 9.02. The first kappa shape index (κ1) is 21.4. The lowest BCUT2D eigenvalue weighted by Crippen LogP contribution is -2.25. The summed E-state index contributed by atoms with van der Waals surface area (Å²) in [5.41, 5.74) is 0.757. The molecule has 28 heavy (non-hydrogen) atoms. The van der Waals surface area contributed by atoms with E-state index in [9.17, 15) is 9.59 Å². The molecule has 1 atom stereocenters. The fourth-order valence-corrected chi connectivity index (χ4v) is 2.37. The number of halogens is 1. The summed E-state index contributed by atoms with van der Waals surface area (Å²) in [4.78, 5) is 24.6. The van der Waals surface area contributed by atoms with Crippen LogP contribution >= 0.6 is 11.6 Å². The number of rotatable bonds is 7. The van der Waals surface area contributed by atoms with E-state index in [1.165, 1.54) is 11.9 Å². The van der Waals surface area contributed by atoms with Crippen LogP contribution in [0, 0.1) is 0 Å². The van der Waals surface area contributed by atoms with E-state index < -0.39 is 18.3 Å². The normalized spacial score (nSPS) is 11.3. The van der Waals surface area contributed by atoms with Crippen molar-refractivity contribution in [1.29, 1.82) is 0 Å². The van der Waals surface area contributed by atoms with Gasteiger partial charge in [-0.15, -0.1) is 0 Å². The van der Waals surface area contributed by atoms with Crippen molar-refractivity contribution in [2.75, 3.05) is 27.7 Å². The van der Waals surface area contributed by atoms with Crippen LogP contribution in [0.3, 0.4) is 0 Å². The monoisotopic (exact) mass is 406 g/mol. The lowest BCUT2D eigenvalue weighted by molar-refractivity contribution is 0.0843. The van der Waals surface area contributed by atoms with Crippen molar-refractivity contribution in [3.63, 3.8) is 0 Å². The van der Waals surface area contributed by atoms with Crippen molar-refractivity contribution in [2.24, 2.45) is 0 Å². The number of amides is 2. The number of alkyl carbamates (subject to hydrolysis) is 1. The number of ether oxygens (including phenoxy) is 3. The molecule has 0 fully saturated rings. The Labute approximate surface area is 169 Å². The number of nitrogens with one attached hydrogen (secondary N) is 1. The molecule has 1 N–H and O–H groups in total. The lowest BCUT2D eigenvalue weighted by Gasteiger charge is -2.19. The number of nitrogens with zero attached hydrogens (tertiary/aromatic N) is 1. The van der Waals surface area contributed by atoms with E-state index in [1.54, 1.807) is 62.6 Å². The second-order valence-electron chi connectivity index (χ2n) is 6.07. The predicted molar refractivity (Wildman–Crippen MR) is 106 cm³/mol. The Morgan fingerprint density at radius 1 is 1.04 bits per heavy atom. The fourth-order valence-electron chi connectivity index (χ4n) is 2.24. The summed E-state index contributed by atoms with van der Waals surface area (Å²) in [6.07, 6.45) is -1.10. The highest BCUT2D eigenvalue weighted by Crippen LogP contribution is 2.25. The molecule has 0 aromatic heterocycles. The minimum atomic E-state index is -0.542. The number of carbonyl (C=O) groups excluding carboxylic acids is 2. The first-order valence-electron chi connectivity index (χ1n) is 8.65. The molecular formula is C20H23ClN2O5. The Morgan fingerprint density at radius 3 is 2.21 bits per heavy atom. The molecule has 7 nitrogen and oxygen atoms in total. The van der Waals surface area contributed by atoms with Gasteiger partial charge in [0.15, 0.2) is 0 Å². The molecular weight excluding hydrogens is 384 g/mol. The molecule has 1 unspecified atom stereocenters. The van der Waals surface area contributed by atoms with Crippen LogP contribution in [0.2, 0.25) is 5.02 Å². The molecule has 0 aliphatic carbocycles. The fraction of sp³-hybridized carbons (Fsp3) is 0.300. The Morgan fingerprint density at radius 2 is 1.64 bits per heavy atom.